The van der Waals surface area contributed by atoms with Gasteiger partial charge in [0.2, 0.25) is 11.7 Å². The third kappa shape index (κ3) is 5.98. The maximum Gasteiger partial charge on any atom is 0.248 e. The topological polar surface area (TPSA) is 91.1 Å². The van der Waals surface area contributed by atoms with Crippen LogP contribution >= 0.6 is 35.6 Å². The summed E-state index contributed by atoms with van der Waals surface area (Å²) in [5, 5.41) is 12.5. The molecule has 0 aliphatic rings. The molecule has 4 aromatic rings. The zero-order valence-corrected chi connectivity index (χ0v) is 20.1. The number of benzene rings is 2. The molecule has 2 heterocycles. The fourth-order valence-electron chi connectivity index (χ4n) is 3.18. The molecule has 0 amide bonds. The van der Waals surface area contributed by atoms with E-state index in [-0.39, 0.29) is 24.0 Å². The summed E-state index contributed by atoms with van der Waals surface area (Å²) in [4.78, 5) is 12.3. The van der Waals surface area contributed by atoms with Gasteiger partial charge < -0.3 is 20.1 Å². The first kappa shape index (κ1) is 23.1. The number of aromatic amines is 1. The van der Waals surface area contributed by atoms with Crippen LogP contribution in [0.3, 0.4) is 0 Å². The van der Waals surface area contributed by atoms with E-state index in [1.165, 1.54) is 10.9 Å². The number of nitrogens with one attached hydrogen (secondary N) is 3. The number of hydrogen-bond donors (Lipinski definition) is 3. The summed E-state index contributed by atoms with van der Waals surface area (Å²) in [6.07, 6.45) is 2.95. The Kier molecular flexibility index (Phi) is 8.30. The molecule has 0 saturated heterocycles. The van der Waals surface area contributed by atoms with E-state index >= 15 is 0 Å². The minimum absolute atomic E-state index is 0. The van der Waals surface area contributed by atoms with Crippen molar-refractivity contribution in [2.24, 2.45) is 4.99 Å². The van der Waals surface area contributed by atoms with E-state index in [1.54, 1.807) is 12.1 Å². The molecule has 162 valence electrons. The van der Waals surface area contributed by atoms with Crippen LogP contribution in [0.5, 0.6) is 0 Å². The number of aliphatic imine (C=N–C) groups is 1. The van der Waals surface area contributed by atoms with Gasteiger partial charge in [0, 0.05) is 40.8 Å². The molecule has 0 saturated carbocycles. The van der Waals surface area contributed by atoms with Gasteiger partial charge in [-0.2, -0.15) is 4.98 Å². The summed E-state index contributed by atoms with van der Waals surface area (Å²) in [6, 6.07) is 15.6. The maximum atomic E-state index is 5.92. The van der Waals surface area contributed by atoms with Crippen LogP contribution < -0.4 is 10.6 Å². The van der Waals surface area contributed by atoms with E-state index in [4.69, 9.17) is 16.1 Å². The molecule has 2 aromatic heterocycles. The molecule has 0 radical (unpaired) electrons. The molecule has 0 aliphatic carbocycles. The van der Waals surface area contributed by atoms with Crippen molar-refractivity contribution in [1.82, 2.24) is 25.8 Å². The second-order valence-corrected chi connectivity index (χ2v) is 7.19. The number of fused-ring (bicyclic) bond motifs is 1. The maximum absolute atomic E-state index is 5.92. The lowest BCUT2D eigenvalue weighted by atomic mass is 10.1. The molecule has 31 heavy (non-hydrogen) atoms. The standard InChI is InChI=1S/C22H23ClN6O.HI/c1-2-24-22(25-12-11-16-13-26-19-6-4-3-5-18(16)19)27-14-20-28-21(29-30-20)15-7-9-17(23)10-8-15;/h3-10,13,26H,2,11-12,14H2,1H3,(H2,24,25,27);1H. The molecule has 0 unspecified atom stereocenters. The molecule has 3 N–H and O–H groups in total. The first-order chi connectivity index (χ1) is 14.7. The molecule has 9 heteroatoms. The SMILES string of the molecule is CCNC(=NCc1nc(-c2ccc(Cl)cc2)no1)NCCc1c[nH]c2ccccc12.I. The van der Waals surface area contributed by atoms with Crippen LogP contribution in [0.15, 0.2) is 64.2 Å². The number of halogens is 2. The van der Waals surface area contributed by atoms with E-state index in [2.05, 4.69) is 55.1 Å². The van der Waals surface area contributed by atoms with Crippen molar-refractivity contribution in [1.29, 1.82) is 0 Å². The van der Waals surface area contributed by atoms with Crippen molar-refractivity contribution < 1.29 is 4.52 Å². The number of aromatic nitrogens is 3. The lowest BCUT2D eigenvalue weighted by Gasteiger charge is -2.10. The Morgan fingerprint density at radius 2 is 1.94 bits per heavy atom. The molecule has 0 atom stereocenters. The van der Waals surface area contributed by atoms with Gasteiger partial charge in [-0.25, -0.2) is 4.99 Å². The summed E-state index contributed by atoms with van der Waals surface area (Å²) < 4.78 is 5.33. The molecular weight excluding hydrogens is 527 g/mol. The van der Waals surface area contributed by atoms with Gasteiger partial charge in [-0.3, -0.25) is 0 Å². The average molecular weight is 551 g/mol. The smallest absolute Gasteiger partial charge is 0.248 e. The van der Waals surface area contributed by atoms with Crippen LogP contribution in [0, 0.1) is 0 Å². The zero-order valence-electron chi connectivity index (χ0n) is 17.1. The number of para-hydroxylation sites is 1. The highest BCUT2D eigenvalue weighted by Crippen LogP contribution is 2.19. The van der Waals surface area contributed by atoms with E-state index < -0.39 is 0 Å². The monoisotopic (exact) mass is 550 g/mol. The normalized spacial score (nSPS) is 11.4. The number of nitrogens with zero attached hydrogens (tertiary/aromatic N) is 3. The summed E-state index contributed by atoms with van der Waals surface area (Å²) in [7, 11) is 0. The van der Waals surface area contributed by atoms with Crippen LogP contribution in [-0.2, 0) is 13.0 Å². The largest absolute Gasteiger partial charge is 0.361 e. The van der Waals surface area contributed by atoms with Gasteiger partial charge in [0.15, 0.2) is 5.96 Å². The highest BCUT2D eigenvalue weighted by molar-refractivity contribution is 14.0. The number of rotatable bonds is 7. The van der Waals surface area contributed by atoms with E-state index in [9.17, 15) is 0 Å². The van der Waals surface area contributed by atoms with Gasteiger partial charge in [-0.05, 0) is 49.2 Å². The van der Waals surface area contributed by atoms with Gasteiger partial charge in [0.05, 0.1) is 0 Å². The predicted octanol–water partition coefficient (Wildman–Crippen LogP) is 4.79. The summed E-state index contributed by atoms with van der Waals surface area (Å²) in [5.74, 6) is 1.69. The Balaban J connectivity index is 0.00000272. The molecule has 0 aliphatic heterocycles. The van der Waals surface area contributed by atoms with Gasteiger partial charge >= 0.3 is 0 Å². The van der Waals surface area contributed by atoms with Crippen molar-refractivity contribution in [2.75, 3.05) is 13.1 Å². The first-order valence-corrected chi connectivity index (χ1v) is 10.3. The number of hydrogen-bond acceptors (Lipinski definition) is 4. The van der Waals surface area contributed by atoms with Crippen molar-refractivity contribution in [3.63, 3.8) is 0 Å². The Morgan fingerprint density at radius 1 is 1.13 bits per heavy atom. The lowest BCUT2D eigenvalue weighted by Crippen LogP contribution is -2.38. The fraction of sp³-hybridized carbons (Fsp3) is 0.227. The van der Waals surface area contributed by atoms with E-state index in [0.29, 0.717) is 29.2 Å². The lowest BCUT2D eigenvalue weighted by molar-refractivity contribution is 0.380. The molecule has 2 aromatic carbocycles. The van der Waals surface area contributed by atoms with Gasteiger partial charge in [-0.1, -0.05) is 35.0 Å². The van der Waals surface area contributed by atoms with Crippen LogP contribution in [0.4, 0.5) is 0 Å². The molecular formula is C22H24ClIN6O. The minimum Gasteiger partial charge on any atom is -0.361 e. The molecule has 0 fully saturated rings. The summed E-state index contributed by atoms with van der Waals surface area (Å²) >= 11 is 5.92. The quantitative estimate of drug-likeness (QED) is 0.175. The van der Waals surface area contributed by atoms with Crippen molar-refractivity contribution in [3.8, 4) is 11.4 Å². The first-order valence-electron chi connectivity index (χ1n) is 9.88. The van der Waals surface area contributed by atoms with E-state index in [1.807, 2.05) is 25.1 Å². The van der Waals surface area contributed by atoms with Crippen LogP contribution in [0.25, 0.3) is 22.3 Å². The van der Waals surface area contributed by atoms with Crippen molar-refractivity contribution >= 4 is 52.4 Å². The fourth-order valence-corrected chi connectivity index (χ4v) is 3.30. The van der Waals surface area contributed by atoms with Crippen molar-refractivity contribution in [3.05, 3.63) is 71.2 Å². The number of H-pyrrole nitrogens is 1. The van der Waals surface area contributed by atoms with Crippen LogP contribution in [-0.4, -0.2) is 34.2 Å². The van der Waals surface area contributed by atoms with Gasteiger partial charge in [-0.15, -0.1) is 24.0 Å². The Labute approximate surface area is 202 Å². The highest BCUT2D eigenvalue weighted by atomic mass is 127. The molecule has 7 nitrogen and oxygen atoms in total. The third-order valence-corrected chi connectivity index (χ3v) is 4.90. The Morgan fingerprint density at radius 3 is 2.74 bits per heavy atom. The number of guanidine groups is 1. The Hall–Kier alpha value is -2.59. The molecule has 4 rings (SSSR count). The predicted molar refractivity (Wildman–Crippen MR) is 135 cm³/mol. The molecule has 0 bridgehead atoms. The van der Waals surface area contributed by atoms with Crippen molar-refractivity contribution in [2.45, 2.75) is 19.9 Å². The third-order valence-electron chi connectivity index (χ3n) is 4.65. The minimum atomic E-state index is 0. The average Bonchev–Trinajstić information content (AvgIpc) is 3.40. The second-order valence-electron chi connectivity index (χ2n) is 6.75. The van der Waals surface area contributed by atoms with Crippen LogP contribution in [0.2, 0.25) is 5.02 Å². The van der Waals surface area contributed by atoms with E-state index in [0.717, 1.165) is 30.6 Å². The summed E-state index contributed by atoms with van der Waals surface area (Å²) in [5.41, 5.74) is 3.28. The van der Waals surface area contributed by atoms with Crippen LogP contribution in [0.1, 0.15) is 18.4 Å². The van der Waals surface area contributed by atoms with Gasteiger partial charge in [0.25, 0.3) is 0 Å². The highest BCUT2D eigenvalue weighted by Gasteiger charge is 2.09. The Bertz CT molecular complexity index is 1140. The zero-order chi connectivity index (χ0) is 20.8. The van der Waals surface area contributed by atoms with Gasteiger partial charge in [0.1, 0.15) is 6.54 Å². The second kappa shape index (κ2) is 11.1. The molecule has 0 spiro atoms. The summed E-state index contributed by atoms with van der Waals surface area (Å²) in [6.45, 7) is 3.84.